The van der Waals surface area contributed by atoms with Gasteiger partial charge in [0.1, 0.15) is 0 Å². The molecule has 1 saturated carbocycles. The molecule has 0 aliphatic heterocycles. The third-order valence-corrected chi connectivity index (χ3v) is 4.47. The predicted octanol–water partition coefficient (Wildman–Crippen LogP) is 3.14. The molecule has 1 aliphatic rings. The third kappa shape index (κ3) is 2.64. The van der Waals surface area contributed by atoms with E-state index in [1.807, 2.05) is 12.1 Å². The monoisotopic (exact) mass is 238 g/mol. The molecule has 0 unspecified atom stereocenters. The third-order valence-electron chi connectivity index (χ3n) is 3.36. The molecule has 0 amide bonds. The molecule has 1 aliphatic carbocycles. The van der Waals surface area contributed by atoms with Crippen LogP contribution in [0.5, 0.6) is 0 Å². The maximum atomic E-state index is 11.5. The summed E-state index contributed by atoms with van der Waals surface area (Å²) in [5.41, 5.74) is 1.20. The summed E-state index contributed by atoms with van der Waals surface area (Å²) in [6.45, 7) is 0. The Kier molecular flexibility index (Phi) is 3.33. The Balaban J connectivity index is 2.28. The zero-order valence-corrected chi connectivity index (χ0v) is 10.5. The first-order valence-corrected chi connectivity index (χ1v) is 7.76. The highest BCUT2D eigenvalue weighted by atomic mass is 32.2. The van der Waals surface area contributed by atoms with Gasteiger partial charge in [0.05, 0.1) is 4.90 Å². The van der Waals surface area contributed by atoms with Gasteiger partial charge in [-0.3, -0.25) is 0 Å². The van der Waals surface area contributed by atoms with E-state index in [1.165, 1.54) is 43.9 Å². The highest BCUT2D eigenvalue weighted by molar-refractivity contribution is 7.90. The van der Waals surface area contributed by atoms with Crippen molar-refractivity contribution in [1.29, 1.82) is 0 Å². The fourth-order valence-electron chi connectivity index (χ4n) is 2.44. The van der Waals surface area contributed by atoms with Crippen molar-refractivity contribution in [2.75, 3.05) is 6.26 Å². The Morgan fingerprint density at radius 1 is 1.12 bits per heavy atom. The van der Waals surface area contributed by atoms with Crippen LogP contribution < -0.4 is 0 Å². The Hall–Kier alpha value is -0.830. The van der Waals surface area contributed by atoms with E-state index in [2.05, 4.69) is 6.07 Å². The van der Waals surface area contributed by atoms with Gasteiger partial charge in [-0.25, -0.2) is 8.42 Å². The number of benzene rings is 1. The normalized spacial score (nSPS) is 18.6. The molecule has 88 valence electrons. The van der Waals surface area contributed by atoms with Gasteiger partial charge in [0.15, 0.2) is 9.84 Å². The van der Waals surface area contributed by atoms with Gasteiger partial charge in [-0.05, 0) is 36.5 Å². The fraction of sp³-hybridized carbons (Fsp3) is 0.538. The Morgan fingerprint density at radius 3 is 2.44 bits per heavy atom. The van der Waals surface area contributed by atoms with Crippen LogP contribution in [-0.4, -0.2) is 14.7 Å². The van der Waals surface area contributed by atoms with E-state index in [4.69, 9.17) is 0 Å². The Labute approximate surface area is 97.6 Å². The van der Waals surface area contributed by atoms with Gasteiger partial charge < -0.3 is 0 Å². The van der Waals surface area contributed by atoms with E-state index >= 15 is 0 Å². The summed E-state index contributed by atoms with van der Waals surface area (Å²) in [5, 5.41) is 0. The maximum Gasteiger partial charge on any atom is 0.175 e. The molecular formula is C13H18O2S. The topological polar surface area (TPSA) is 34.1 Å². The van der Waals surface area contributed by atoms with Crippen molar-refractivity contribution in [2.24, 2.45) is 0 Å². The number of rotatable bonds is 2. The zero-order valence-electron chi connectivity index (χ0n) is 9.65. The number of sulfone groups is 1. The molecule has 0 bridgehead atoms. The van der Waals surface area contributed by atoms with Crippen LogP contribution in [0.25, 0.3) is 0 Å². The molecule has 0 atom stereocenters. The molecule has 3 heteroatoms. The van der Waals surface area contributed by atoms with Gasteiger partial charge in [-0.2, -0.15) is 0 Å². The lowest BCUT2D eigenvalue weighted by Gasteiger charge is -2.22. The molecule has 0 saturated heterocycles. The molecule has 2 nitrogen and oxygen atoms in total. The number of hydrogen-bond acceptors (Lipinski definition) is 2. The second kappa shape index (κ2) is 4.58. The molecule has 0 heterocycles. The Bertz CT molecular complexity index is 457. The van der Waals surface area contributed by atoms with Crippen LogP contribution >= 0.6 is 0 Å². The van der Waals surface area contributed by atoms with Crippen molar-refractivity contribution in [3.63, 3.8) is 0 Å². The van der Waals surface area contributed by atoms with E-state index < -0.39 is 9.84 Å². The summed E-state index contributed by atoms with van der Waals surface area (Å²) in [7, 11) is -3.06. The molecule has 1 fully saturated rings. The summed E-state index contributed by atoms with van der Waals surface area (Å²) in [5.74, 6) is 0.565. The average molecular weight is 238 g/mol. The van der Waals surface area contributed by atoms with Crippen molar-refractivity contribution in [3.8, 4) is 0 Å². The van der Waals surface area contributed by atoms with Crippen molar-refractivity contribution in [2.45, 2.75) is 42.9 Å². The maximum absolute atomic E-state index is 11.5. The molecule has 2 rings (SSSR count). The second-order valence-electron chi connectivity index (χ2n) is 4.68. The molecule has 1 aromatic rings. The van der Waals surface area contributed by atoms with Crippen LogP contribution in [0.1, 0.15) is 43.6 Å². The first-order valence-electron chi connectivity index (χ1n) is 5.87. The molecule has 0 radical (unpaired) electrons. The van der Waals surface area contributed by atoms with Gasteiger partial charge in [0, 0.05) is 6.26 Å². The van der Waals surface area contributed by atoms with E-state index in [-0.39, 0.29) is 0 Å². The highest BCUT2D eigenvalue weighted by Gasteiger charge is 2.17. The van der Waals surface area contributed by atoms with Crippen molar-refractivity contribution in [1.82, 2.24) is 0 Å². The summed E-state index contributed by atoms with van der Waals surface area (Å²) in [6.07, 6.45) is 7.54. The highest BCUT2D eigenvalue weighted by Crippen LogP contribution is 2.33. The SMILES string of the molecule is CS(=O)(=O)c1cccc(C2CCCCC2)c1. The van der Waals surface area contributed by atoms with Crippen molar-refractivity contribution in [3.05, 3.63) is 29.8 Å². The van der Waals surface area contributed by atoms with E-state index in [0.717, 1.165) is 0 Å². The van der Waals surface area contributed by atoms with E-state index in [1.54, 1.807) is 6.07 Å². The lowest BCUT2D eigenvalue weighted by molar-refractivity contribution is 0.443. The predicted molar refractivity (Wildman–Crippen MR) is 65.4 cm³/mol. The molecule has 1 aromatic carbocycles. The minimum atomic E-state index is -3.06. The largest absolute Gasteiger partial charge is 0.224 e. The van der Waals surface area contributed by atoms with Crippen LogP contribution in [0, 0.1) is 0 Å². The first-order chi connectivity index (χ1) is 7.57. The van der Waals surface area contributed by atoms with Crippen LogP contribution in [0.2, 0.25) is 0 Å². The molecule has 0 spiro atoms. The average Bonchev–Trinajstić information content (AvgIpc) is 2.29. The van der Waals surface area contributed by atoms with Gasteiger partial charge in [0.2, 0.25) is 0 Å². The van der Waals surface area contributed by atoms with Crippen LogP contribution in [0.4, 0.5) is 0 Å². The van der Waals surface area contributed by atoms with E-state index in [0.29, 0.717) is 10.8 Å². The Morgan fingerprint density at radius 2 is 1.81 bits per heavy atom. The first kappa shape index (κ1) is 11.6. The standard InChI is InChI=1S/C13H18O2S/c1-16(14,15)13-9-5-8-12(10-13)11-6-3-2-4-7-11/h5,8-11H,2-4,6-7H2,1H3. The number of hydrogen-bond donors (Lipinski definition) is 0. The van der Waals surface area contributed by atoms with E-state index in [9.17, 15) is 8.42 Å². The summed E-state index contributed by atoms with van der Waals surface area (Å²) >= 11 is 0. The molecular weight excluding hydrogens is 220 g/mol. The second-order valence-corrected chi connectivity index (χ2v) is 6.70. The summed E-state index contributed by atoms with van der Waals surface area (Å²) in [6, 6.07) is 7.46. The van der Waals surface area contributed by atoms with Crippen LogP contribution in [0.3, 0.4) is 0 Å². The van der Waals surface area contributed by atoms with Crippen molar-refractivity contribution < 1.29 is 8.42 Å². The minimum absolute atomic E-state index is 0.454. The summed E-state index contributed by atoms with van der Waals surface area (Å²) in [4.78, 5) is 0.454. The van der Waals surface area contributed by atoms with Crippen LogP contribution in [-0.2, 0) is 9.84 Å². The quantitative estimate of drug-likeness (QED) is 0.793. The van der Waals surface area contributed by atoms with Crippen LogP contribution in [0.15, 0.2) is 29.2 Å². The lowest BCUT2D eigenvalue weighted by atomic mass is 9.84. The van der Waals surface area contributed by atoms with Crippen molar-refractivity contribution >= 4 is 9.84 Å². The van der Waals surface area contributed by atoms with Gasteiger partial charge in [0.25, 0.3) is 0 Å². The van der Waals surface area contributed by atoms with Gasteiger partial charge in [-0.15, -0.1) is 0 Å². The smallest absolute Gasteiger partial charge is 0.175 e. The zero-order chi connectivity index (χ0) is 11.6. The molecule has 0 aromatic heterocycles. The van der Waals surface area contributed by atoms with Gasteiger partial charge >= 0.3 is 0 Å². The lowest BCUT2D eigenvalue weighted by Crippen LogP contribution is -2.06. The molecule has 0 N–H and O–H groups in total. The minimum Gasteiger partial charge on any atom is -0.224 e. The van der Waals surface area contributed by atoms with Gasteiger partial charge in [-0.1, -0.05) is 31.4 Å². The fourth-order valence-corrected chi connectivity index (χ4v) is 3.11. The summed E-state index contributed by atoms with van der Waals surface area (Å²) < 4.78 is 22.9. The molecule has 16 heavy (non-hydrogen) atoms.